The molecule has 0 aliphatic heterocycles. The van der Waals surface area contributed by atoms with Crippen molar-refractivity contribution in [3.8, 4) is 0 Å². The van der Waals surface area contributed by atoms with E-state index in [-0.39, 0.29) is 16.0 Å². The van der Waals surface area contributed by atoms with Gasteiger partial charge >= 0.3 is 12.1 Å². The zero-order valence-electron chi connectivity index (χ0n) is 10.2. The van der Waals surface area contributed by atoms with E-state index in [2.05, 4.69) is 0 Å². The number of benzene rings is 1. The van der Waals surface area contributed by atoms with Gasteiger partial charge in [0, 0.05) is 5.25 Å². The summed E-state index contributed by atoms with van der Waals surface area (Å²) < 4.78 is 39.5. The Morgan fingerprint density at radius 3 is 2.60 bits per heavy atom. The molecule has 1 saturated carbocycles. The summed E-state index contributed by atoms with van der Waals surface area (Å²) in [4.78, 5) is 10.9. The first-order valence-electron chi connectivity index (χ1n) is 5.80. The van der Waals surface area contributed by atoms with Crippen LogP contribution in [0.5, 0.6) is 0 Å². The minimum Gasteiger partial charge on any atom is -0.480 e. The molecule has 1 aromatic carbocycles. The molecule has 1 N–H and O–H groups in total. The summed E-state index contributed by atoms with van der Waals surface area (Å²) in [5.74, 6) is -1.12. The smallest absolute Gasteiger partial charge is 0.416 e. The lowest BCUT2D eigenvalue weighted by Gasteiger charge is -2.23. The Bertz CT molecular complexity index is 520. The highest BCUT2D eigenvalue weighted by atomic mass is 35.5. The molecule has 0 heterocycles. The van der Waals surface area contributed by atoms with Gasteiger partial charge in [0.15, 0.2) is 0 Å². The molecule has 0 amide bonds. The minimum atomic E-state index is -4.49. The monoisotopic (exact) mass is 325 g/mol. The fourth-order valence-corrected chi connectivity index (χ4v) is 2.96. The number of hydrogen-bond acceptors (Lipinski definition) is 3. The summed E-state index contributed by atoms with van der Waals surface area (Å²) in [5.41, 5.74) is -0.760. The van der Waals surface area contributed by atoms with Gasteiger partial charge in [-0.2, -0.15) is 13.2 Å². The van der Waals surface area contributed by atoms with E-state index in [1.54, 1.807) is 0 Å². The van der Waals surface area contributed by atoms with Crippen molar-refractivity contribution in [2.45, 2.75) is 24.3 Å². The molecule has 1 fully saturated rings. The predicted molar refractivity (Wildman–Crippen MR) is 72.0 cm³/mol. The summed E-state index contributed by atoms with van der Waals surface area (Å²) >= 11 is 7.14. The Labute approximate surface area is 122 Å². The maximum atomic E-state index is 12.7. The van der Waals surface area contributed by atoms with Crippen molar-refractivity contribution in [2.24, 2.45) is 0 Å². The zero-order valence-corrected chi connectivity index (χ0v) is 11.7. The van der Waals surface area contributed by atoms with E-state index in [0.717, 1.165) is 31.0 Å². The van der Waals surface area contributed by atoms with E-state index < -0.39 is 24.3 Å². The quantitative estimate of drug-likeness (QED) is 0.829. The van der Waals surface area contributed by atoms with Crippen molar-refractivity contribution in [3.05, 3.63) is 28.8 Å². The van der Waals surface area contributed by atoms with Gasteiger partial charge in [-0.25, -0.2) is 0 Å². The second-order valence-electron chi connectivity index (χ2n) is 4.40. The molecular weight excluding hydrogens is 315 g/mol. The van der Waals surface area contributed by atoms with Crippen LogP contribution in [-0.2, 0) is 11.0 Å². The van der Waals surface area contributed by atoms with Crippen molar-refractivity contribution in [1.82, 2.24) is 0 Å². The molecule has 0 unspecified atom stereocenters. The maximum absolute atomic E-state index is 12.7. The lowest BCUT2D eigenvalue weighted by molar-refractivity contribution is -0.137. The van der Waals surface area contributed by atoms with Crippen molar-refractivity contribution < 1.29 is 23.1 Å². The number of carbonyl (C=O) groups is 1. The van der Waals surface area contributed by atoms with Crippen molar-refractivity contribution in [2.75, 3.05) is 10.8 Å². The van der Waals surface area contributed by atoms with Gasteiger partial charge in [-0.15, -0.1) is 0 Å². The van der Waals surface area contributed by atoms with Gasteiger partial charge in [0.05, 0.1) is 16.3 Å². The number of alkyl halides is 3. The second-order valence-corrected chi connectivity index (χ2v) is 6.12. The van der Waals surface area contributed by atoms with Crippen molar-refractivity contribution >= 4 is 35.2 Å². The Morgan fingerprint density at radius 2 is 2.10 bits per heavy atom. The number of aliphatic carboxylic acids is 1. The summed E-state index contributed by atoms with van der Waals surface area (Å²) in [6.07, 6.45) is -2.63. The van der Waals surface area contributed by atoms with Crippen LogP contribution >= 0.6 is 23.5 Å². The minimum absolute atomic E-state index is 0.0841. The van der Waals surface area contributed by atoms with Crippen LogP contribution in [0.4, 0.5) is 18.9 Å². The molecule has 8 heteroatoms. The lowest BCUT2D eigenvalue weighted by atomic mass is 10.2. The molecule has 0 aromatic heterocycles. The van der Waals surface area contributed by atoms with E-state index in [0.29, 0.717) is 0 Å². The molecule has 2 rings (SSSR count). The number of hydrogen-bond donors (Lipinski definition) is 1. The molecule has 20 heavy (non-hydrogen) atoms. The second kappa shape index (κ2) is 5.73. The summed E-state index contributed by atoms with van der Waals surface area (Å²) in [6, 6.07) is 2.91. The average Bonchev–Trinajstić information content (AvgIpc) is 3.10. The molecule has 1 aliphatic carbocycles. The topological polar surface area (TPSA) is 40.5 Å². The van der Waals surface area contributed by atoms with E-state index in [4.69, 9.17) is 16.7 Å². The molecule has 1 aliphatic rings. The van der Waals surface area contributed by atoms with Gasteiger partial charge in [-0.3, -0.25) is 4.79 Å². The van der Waals surface area contributed by atoms with Gasteiger partial charge in [-0.1, -0.05) is 11.6 Å². The van der Waals surface area contributed by atoms with Gasteiger partial charge < -0.3 is 9.41 Å². The highest BCUT2D eigenvalue weighted by Crippen LogP contribution is 2.42. The number of carboxylic acid groups (broad SMARTS) is 1. The molecule has 0 saturated heterocycles. The molecular formula is C12H11ClF3NO2S. The van der Waals surface area contributed by atoms with E-state index in [1.165, 1.54) is 16.3 Å². The SMILES string of the molecule is O=C(O)CN(SC1CC1)c1cc(C(F)(F)F)ccc1Cl. The molecule has 110 valence electrons. The van der Waals surface area contributed by atoms with E-state index in [1.807, 2.05) is 0 Å². The number of halogens is 4. The first-order chi connectivity index (χ1) is 9.27. The highest BCUT2D eigenvalue weighted by molar-refractivity contribution is 8.01. The number of rotatable bonds is 5. The van der Waals surface area contributed by atoms with E-state index >= 15 is 0 Å². The van der Waals surface area contributed by atoms with Crippen LogP contribution in [-0.4, -0.2) is 22.9 Å². The third-order valence-corrected chi connectivity index (χ3v) is 4.29. The summed E-state index contributed by atoms with van der Waals surface area (Å²) in [6.45, 7) is -0.401. The predicted octanol–water partition coefficient (Wildman–Crippen LogP) is 4.06. The molecule has 0 atom stereocenters. The Balaban J connectivity index is 2.32. The van der Waals surface area contributed by atoms with Crippen LogP contribution < -0.4 is 4.31 Å². The molecule has 0 radical (unpaired) electrons. The number of nitrogens with zero attached hydrogens (tertiary/aromatic N) is 1. The highest BCUT2D eigenvalue weighted by Gasteiger charge is 2.33. The number of anilines is 1. The van der Waals surface area contributed by atoms with Crippen LogP contribution in [0.15, 0.2) is 18.2 Å². The zero-order chi connectivity index (χ0) is 14.9. The summed E-state index contributed by atoms with van der Waals surface area (Å²) in [7, 11) is 0. The Hall–Kier alpha value is -1.08. The van der Waals surface area contributed by atoms with Crippen LogP contribution in [0, 0.1) is 0 Å². The van der Waals surface area contributed by atoms with Gasteiger partial charge in [0.1, 0.15) is 6.54 Å². The fourth-order valence-electron chi connectivity index (χ4n) is 1.54. The van der Waals surface area contributed by atoms with Gasteiger partial charge in [0.2, 0.25) is 0 Å². The number of carboxylic acids is 1. The first kappa shape index (κ1) is 15.3. The molecule has 0 bridgehead atoms. The fraction of sp³-hybridized carbons (Fsp3) is 0.417. The summed E-state index contributed by atoms with van der Waals surface area (Å²) in [5, 5.41) is 9.23. The lowest BCUT2D eigenvalue weighted by Crippen LogP contribution is -2.24. The van der Waals surface area contributed by atoms with Crippen LogP contribution in [0.1, 0.15) is 18.4 Å². The van der Waals surface area contributed by atoms with Gasteiger partial charge in [0.25, 0.3) is 0 Å². The standard InChI is InChI=1S/C12H11ClF3NO2S/c13-9-4-1-7(12(14,15)16)5-10(9)17(6-11(18)19)20-8-2-3-8/h1,4-5,8H,2-3,6H2,(H,18,19). The Kier molecular flexibility index (Phi) is 4.39. The average molecular weight is 326 g/mol. The third kappa shape index (κ3) is 3.96. The molecule has 0 spiro atoms. The normalized spacial score (nSPS) is 15.2. The first-order valence-corrected chi connectivity index (χ1v) is 7.01. The maximum Gasteiger partial charge on any atom is 0.416 e. The van der Waals surface area contributed by atoms with Crippen molar-refractivity contribution in [3.63, 3.8) is 0 Å². The van der Waals surface area contributed by atoms with Gasteiger partial charge in [-0.05, 0) is 43.0 Å². The van der Waals surface area contributed by atoms with Crippen LogP contribution in [0.3, 0.4) is 0 Å². The molecule has 1 aromatic rings. The molecule has 3 nitrogen and oxygen atoms in total. The van der Waals surface area contributed by atoms with Crippen LogP contribution in [0.25, 0.3) is 0 Å². The van der Waals surface area contributed by atoms with E-state index in [9.17, 15) is 18.0 Å². The van der Waals surface area contributed by atoms with Crippen LogP contribution in [0.2, 0.25) is 5.02 Å². The largest absolute Gasteiger partial charge is 0.480 e. The Morgan fingerprint density at radius 1 is 1.45 bits per heavy atom. The van der Waals surface area contributed by atoms with Crippen molar-refractivity contribution in [1.29, 1.82) is 0 Å². The third-order valence-electron chi connectivity index (χ3n) is 2.62.